The molecule has 1 aliphatic rings. The Balaban J connectivity index is 1.67. The normalized spacial score (nSPS) is 15.5. The molecule has 4 rings (SSSR count). The van der Waals surface area contributed by atoms with Crippen molar-refractivity contribution in [2.24, 2.45) is 0 Å². The fourth-order valence-corrected chi connectivity index (χ4v) is 4.13. The number of anilines is 1. The molecule has 0 unspecified atom stereocenters. The maximum absolute atomic E-state index is 4.82. The van der Waals surface area contributed by atoms with Gasteiger partial charge in [0.15, 0.2) is 0 Å². The van der Waals surface area contributed by atoms with Gasteiger partial charge in [-0.25, -0.2) is 9.97 Å². The quantitative estimate of drug-likeness (QED) is 0.666. The Labute approximate surface area is 155 Å². The molecule has 0 amide bonds. The van der Waals surface area contributed by atoms with Gasteiger partial charge in [0, 0.05) is 29.3 Å². The average Bonchev–Trinajstić information content (AvgIpc) is 3.04. The van der Waals surface area contributed by atoms with E-state index in [0.29, 0.717) is 6.04 Å². The van der Waals surface area contributed by atoms with Crippen LogP contribution in [0, 0.1) is 20.8 Å². The largest absolute Gasteiger partial charge is 0.363 e. The van der Waals surface area contributed by atoms with Crippen molar-refractivity contribution in [1.82, 2.24) is 14.4 Å². The molecule has 1 aromatic carbocycles. The van der Waals surface area contributed by atoms with Gasteiger partial charge in [-0.2, -0.15) is 0 Å². The highest BCUT2D eigenvalue weighted by molar-refractivity contribution is 5.49. The first-order valence-electron chi connectivity index (χ1n) is 9.76. The molecule has 0 atom stereocenters. The molecule has 3 aromatic rings. The molecule has 2 aromatic heterocycles. The summed E-state index contributed by atoms with van der Waals surface area (Å²) < 4.78 is 2.11. The third-order valence-electron chi connectivity index (χ3n) is 5.52. The Morgan fingerprint density at radius 2 is 1.73 bits per heavy atom. The number of hydrogen-bond donors (Lipinski definition) is 0. The average molecular weight is 348 g/mol. The first-order chi connectivity index (χ1) is 12.6. The van der Waals surface area contributed by atoms with E-state index < -0.39 is 0 Å². The molecular weight excluding hydrogens is 320 g/mol. The zero-order valence-corrected chi connectivity index (χ0v) is 16.1. The zero-order valence-electron chi connectivity index (χ0n) is 16.1. The van der Waals surface area contributed by atoms with Gasteiger partial charge in [0.05, 0.1) is 12.2 Å². The molecule has 1 aliphatic carbocycles. The minimum atomic E-state index is 0.604. The molecule has 4 heteroatoms. The van der Waals surface area contributed by atoms with Crippen molar-refractivity contribution >= 4 is 11.5 Å². The van der Waals surface area contributed by atoms with Gasteiger partial charge in [-0.1, -0.05) is 37.0 Å². The fourth-order valence-electron chi connectivity index (χ4n) is 4.13. The maximum atomic E-state index is 4.82. The molecule has 0 aliphatic heterocycles. The summed E-state index contributed by atoms with van der Waals surface area (Å²) in [7, 11) is 0. The van der Waals surface area contributed by atoms with Crippen LogP contribution >= 0.6 is 0 Å². The number of aryl methyl sites for hydroxylation is 3. The number of nitrogens with zero attached hydrogens (tertiary/aromatic N) is 4. The molecule has 0 spiro atoms. The summed E-state index contributed by atoms with van der Waals surface area (Å²) in [4.78, 5) is 12.0. The Morgan fingerprint density at radius 3 is 2.46 bits per heavy atom. The lowest BCUT2D eigenvalue weighted by Crippen LogP contribution is -2.36. The lowest BCUT2D eigenvalue weighted by molar-refractivity contribution is 0.412. The Morgan fingerprint density at radius 1 is 1.00 bits per heavy atom. The third-order valence-corrected chi connectivity index (χ3v) is 5.52. The van der Waals surface area contributed by atoms with Crippen molar-refractivity contribution in [3.05, 3.63) is 59.2 Å². The second-order valence-corrected chi connectivity index (χ2v) is 7.70. The fraction of sp³-hybridized carbons (Fsp3) is 0.455. The minimum Gasteiger partial charge on any atom is -0.363 e. The molecule has 0 N–H and O–H groups in total. The summed E-state index contributed by atoms with van der Waals surface area (Å²) >= 11 is 0. The summed E-state index contributed by atoms with van der Waals surface area (Å²) in [6.45, 7) is 7.14. The number of rotatable bonds is 4. The van der Waals surface area contributed by atoms with Crippen LogP contribution < -0.4 is 4.90 Å². The molecule has 0 bridgehead atoms. The second-order valence-electron chi connectivity index (χ2n) is 7.70. The minimum absolute atomic E-state index is 0.604. The maximum Gasteiger partial charge on any atom is 0.234 e. The molecule has 26 heavy (non-hydrogen) atoms. The van der Waals surface area contributed by atoms with E-state index >= 15 is 0 Å². The van der Waals surface area contributed by atoms with Gasteiger partial charge in [-0.15, -0.1) is 0 Å². The predicted molar refractivity (Wildman–Crippen MR) is 107 cm³/mol. The lowest BCUT2D eigenvalue weighted by Gasteiger charge is -2.36. The first kappa shape index (κ1) is 17.1. The number of hydrogen-bond acceptors (Lipinski definition) is 3. The van der Waals surface area contributed by atoms with Crippen molar-refractivity contribution < 1.29 is 0 Å². The summed E-state index contributed by atoms with van der Waals surface area (Å²) in [5.41, 5.74) is 5.92. The van der Waals surface area contributed by atoms with Crippen LogP contribution in [0.15, 0.2) is 36.5 Å². The summed E-state index contributed by atoms with van der Waals surface area (Å²) in [6.07, 6.45) is 8.74. The number of aromatic nitrogens is 3. The van der Waals surface area contributed by atoms with E-state index in [1.807, 2.05) is 6.92 Å². The standard InChI is InChI=1S/C22H28N4/c1-16-9-11-21(12-10-16)26(20-7-5-4-6-8-20)15-19-14-25-18(3)13-17(2)23-22(25)24-19/h9-14,20H,4-8,15H2,1-3H3. The lowest BCUT2D eigenvalue weighted by atomic mass is 9.93. The van der Waals surface area contributed by atoms with Crippen molar-refractivity contribution in [1.29, 1.82) is 0 Å². The Kier molecular flexibility index (Phi) is 4.66. The van der Waals surface area contributed by atoms with Crippen LogP contribution in [0.1, 0.15) is 54.7 Å². The van der Waals surface area contributed by atoms with E-state index in [1.54, 1.807) is 0 Å². The van der Waals surface area contributed by atoms with Gasteiger partial charge in [0.2, 0.25) is 5.78 Å². The molecular formula is C22H28N4. The van der Waals surface area contributed by atoms with Crippen molar-refractivity contribution in [3.63, 3.8) is 0 Å². The summed E-state index contributed by atoms with van der Waals surface area (Å²) in [6, 6.07) is 11.7. The molecule has 136 valence electrons. The van der Waals surface area contributed by atoms with Crippen LogP contribution in [0.4, 0.5) is 5.69 Å². The van der Waals surface area contributed by atoms with Crippen LogP contribution in [-0.4, -0.2) is 20.4 Å². The smallest absolute Gasteiger partial charge is 0.234 e. The van der Waals surface area contributed by atoms with E-state index in [2.05, 4.69) is 64.7 Å². The van der Waals surface area contributed by atoms with Crippen LogP contribution in [0.3, 0.4) is 0 Å². The predicted octanol–water partition coefficient (Wildman–Crippen LogP) is 4.99. The van der Waals surface area contributed by atoms with Crippen molar-refractivity contribution in [3.8, 4) is 0 Å². The molecule has 0 saturated heterocycles. The molecule has 1 fully saturated rings. The number of imidazole rings is 1. The van der Waals surface area contributed by atoms with E-state index in [9.17, 15) is 0 Å². The van der Waals surface area contributed by atoms with Gasteiger partial charge >= 0.3 is 0 Å². The summed E-state index contributed by atoms with van der Waals surface area (Å²) in [5, 5.41) is 0. The number of benzene rings is 1. The highest BCUT2D eigenvalue weighted by Crippen LogP contribution is 2.29. The topological polar surface area (TPSA) is 33.4 Å². The highest BCUT2D eigenvalue weighted by atomic mass is 15.2. The SMILES string of the molecule is Cc1ccc(N(Cc2cn3c(C)cc(C)nc3n2)C2CCCCC2)cc1. The molecule has 4 nitrogen and oxygen atoms in total. The van der Waals surface area contributed by atoms with Gasteiger partial charge in [0.25, 0.3) is 0 Å². The molecule has 2 heterocycles. The monoisotopic (exact) mass is 348 g/mol. The van der Waals surface area contributed by atoms with E-state index in [4.69, 9.17) is 4.98 Å². The van der Waals surface area contributed by atoms with Gasteiger partial charge in [0.1, 0.15) is 0 Å². The molecule has 0 radical (unpaired) electrons. The van der Waals surface area contributed by atoms with Crippen LogP contribution in [0.2, 0.25) is 0 Å². The van der Waals surface area contributed by atoms with E-state index in [1.165, 1.54) is 49.0 Å². The van der Waals surface area contributed by atoms with Crippen LogP contribution in [0.5, 0.6) is 0 Å². The second kappa shape index (κ2) is 7.10. The Bertz CT molecular complexity index is 888. The van der Waals surface area contributed by atoms with Gasteiger partial charge < -0.3 is 4.90 Å². The van der Waals surface area contributed by atoms with Crippen molar-refractivity contribution in [2.75, 3.05) is 4.90 Å². The highest BCUT2D eigenvalue weighted by Gasteiger charge is 2.22. The number of fused-ring (bicyclic) bond motifs is 1. The van der Waals surface area contributed by atoms with E-state index in [-0.39, 0.29) is 0 Å². The van der Waals surface area contributed by atoms with Gasteiger partial charge in [-0.3, -0.25) is 4.40 Å². The third kappa shape index (κ3) is 3.46. The van der Waals surface area contributed by atoms with Crippen LogP contribution in [0.25, 0.3) is 5.78 Å². The Hall–Kier alpha value is -2.36. The molecule has 1 saturated carbocycles. The summed E-state index contributed by atoms with van der Waals surface area (Å²) in [5.74, 6) is 0.810. The van der Waals surface area contributed by atoms with Gasteiger partial charge in [-0.05, 0) is 51.8 Å². The van der Waals surface area contributed by atoms with Crippen molar-refractivity contribution in [2.45, 2.75) is 65.5 Å². The zero-order chi connectivity index (χ0) is 18.1. The van der Waals surface area contributed by atoms with E-state index in [0.717, 1.165) is 23.7 Å². The van der Waals surface area contributed by atoms with Crippen LogP contribution in [-0.2, 0) is 6.54 Å². The first-order valence-corrected chi connectivity index (χ1v) is 9.76.